The highest BCUT2D eigenvalue weighted by atomic mass is 35.5. The van der Waals surface area contributed by atoms with E-state index in [0.717, 1.165) is 22.0 Å². The lowest BCUT2D eigenvalue weighted by atomic mass is 9.92. The van der Waals surface area contributed by atoms with Crippen LogP contribution in [-0.2, 0) is 4.79 Å². The molecule has 0 saturated heterocycles. The first-order chi connectivity index (χ1) is 15.0. The number of hydrazone groups is 1. The predicted molar refractivity (Wildman–Crippen MR) is 120 cm³/mol. The van der Waals surface area contributed by atoms with Gasteiger partial charge in [-0.05, 0) is 35.9 Å². The van der Waals surface area contributed by atoms with E-state index in [1.807, 2.05) is 42.5 Å². The van der Waals surface area contributed by atoms with Gasteiger partial charge in [-0.3, -0.25) is 9.59 Å². The van der Waals surface area contributed by atoms with Gasteiger partial charge in [0, 0.05) is 34.8 Å². The third-order valence-electron chi connectivity index (χ3n) is 5.45. The topological polar surface area (TPSA) is 78.7 Å². The average molecular weight is 432 g/mol. The third-order valence-corrected chi connectivity index (χ3v) is 5.70. The third kappa shape index (κ3) is 3.35. The normalized spacial score (nSPS) is 16.0. The van der Waals surface area contributed by atoms with E-state index >= 15 is 0 Å². The second-order valence-electron chi connectivity index (χ2n) is 7.40. The summed E-state index contributed by atoms with van der Waals surface area (Å²) in [7, 11) is 0. The van der Waals surface area contributed by atoms with Crippen molar-refractivity contribution in [2.75, 3.05) is 0 Å². The molecular weight excluding hydrogens is 414 g/mol. The maximum absolute atomic E-state index is 13.3. The number of nitrogens with one attached hydrogen (secondary N) is 1. The number of aromatic nitrogens is 1. The van der Waals surface area contributed by atoms with E-state index in [9.17, 15) is 9.59 Å². The minimum Gasteiger partial charge on any atom is -0.467 e. The standard InChI is InChI=1S/C24H18ClN3O3/c1-14(29)28-20(21-7-4-12-31-21)13-19(27-28)23-22(15-8-10-16(25)11-9-15)17-5-2-3-6-18(17)26-24(23)30/h2-12,20H,13H2,1H3,(H,26,30). The van der Waals surface area contributed by atoms with Gasteiger partial charge in [-0.2, -0.15) is 5.10 Å². The van der Waals surface area contributed by atoms with E-state index in [4.69, 9.17) is 16.0 Å². The van der Waals surface area contributed by atoms with Crippen molar-refractivity contribution in [2.45, 2.75) is 19.4 Å². The lowest BCUT2D eigenvalue weighted by molar-refractivity contribution is -0.130. The number of hydrogen-bond donors (Lipinski definition) is 1. The number of halogens is 1. The van der Waals surface area contributed by atoms with Crippen LogP contribution in [0.1, 0.15) is 30.7 Å². The van der Waals surface area contributed by atoms with Crippen LogP contribution in [0.4, 0.5) is 0 Å². The number of amides is 1. The monoisotopic (exact) mass is 431 g/mol. The first-order valence-corrected chi connectivity index (χ1v) is 10.2. The maximum Gasteiger partial charge on any atom is 0.258 e. The fourth-order valence-electron chi connectivity index (χ4n) is 4.09. The van der Waals surface area contributed by atoms with E-state index in [0.29, 0.717) is 28.5 Å². The van der Waals surface area contributed by atoms with Crippen LogP contribution in [0.15, 0.2) is 81.2 Å². The lowest BCUT2D eigenvalue weighted by Crippen LogP contribution is -2.23. The number of pyridine rings is 1. The molecular formula is C24H18ClN3O3. The zero-order valence-corrected chi connectivity index (χ0v) is 17.4. The summed E-state index contributed by atoms with van der Waals surface area (Å²) in [6.07, 6.45) is 1.93. The number of benzene rings is 2. The average Bonchev–Trinajstić information content (AvgIpc) is 3.43. The highest BCUT2D eigenvalue weighted by molar-refractivity contribution is 6.30. The van der Waals surface area contributed by atoms with Crippen LogP contribution >= 0.6 is 11.6 Å². The number of para-hydroxylation sites is 1. The van der Waals surface area contributed by atoms with Gasteiger partial charge in [0.1, 0.15) is 11.8 Å². The van der Waals surface area contributed by atoms with Crippen molar-refractivity contribution in [2.24, 2.45) is 5.10 Å². The van der Waals surface area contributed by atoms with E-state index in [1.165, 1.54) is 11.9 Å². The van der Waals surface area contributed by atoms with Crippen LogP contribution in [0.25, 0.3) is 22.0 Å². The minimum absolute atomic E-state index is 0.221. The number of aromatic amines is 1. The van der Waals surface area contributed by atoms with Crippen molar-refractivity contribution in [3.8, 4) is 11.1 Å². The molecule has 0 spiro atoms. The zero-order valence-electron chi connectivity index (χ0n) is 16.6. The number of carbonyl (C=O) groups is 1. The summed E-state index contributed by atoms with van der Waals surface area (Å²) in [4.78, 5) is 28.5. The molecule has 6 nitrogen and oxygen atoms in total. The SMILES string of the molecule is CC(=O)N1N=C(c2c(-c3ccc(Cl)cc3)c3ccccc3[nH]c2=O)CC1c1ccco1. The van der Waals surface area contributed by atoms with Crippen LogP contribution < -0.4 is 5.56 Å². The van der Waals surface area contributed by atoms with Crippen LogP contribution in [0.2, 0.25) is 5.02 Å². The Hall–Kier alpha value is -3.64. The molecule has 1 unspecified atom stereocenters. The van der Waals surface area contributed by atoms with Gasteiger partial charge < -0.3 is 9.40 Å². The zero-order chi connectivity index (χ0) is 21.5. The van der Waals surface area contributed by atoms with Gasteiger partial charge >= 0.3 is 0 Å². The molecule has 0 fully saturated rings. The Morgan fingerprint density at radius 3 is 2.58 bits per heavy atom. The molecule has 2 aromatic carbocycles. The molecule has 0 saturated carbocycles. The second-order valence-corrected chi connectivity index (χ2v) is 7.84. The molecule has 1 aliphatic heterocycles. The molecule has 3 heterocycles. The van der Waals surface area contributed by atoms with Crippen molar-refractivity contribution < 1.29 is 9.21 Å². The van der Waals surface area contributed by atoms with Gasteiger partial charge in [-0.1, -0.05) is 41.9 Å². The second kappa shape index (κ2) is 7.56. The Kier molecular flexibility index (Phi) is 4.71. The largest absolute Gasteiger partial charge is 0.467 e. The number of rotatable bonds is 3. The van der Waals surface area contributed by atoms with E-state index in [1.54, 1.807) is 24.5 Å². The molecule has 0 radical (unpaired) electrons. The molecule has 5 rings (SSSR count). The summed E-state index contributed by atoms with van der Waals surface area (Å²) < 4.78 is 5.54. The molecule has 1 amide bonds. The number of furan rings is 1. The fraction of sp³-hybridized carbons (Fsp3) is 0.125. The molecule has 2 aromatic heterocycles. The van der Waals surface area contributed by atoms with E-state index < -0.39 is 6.04 Å². The number of H-pyrrole nitrogens is 1. The first-order valence-electron chi connectivity index (χ1n) is 9.85. The van der Waals surface area contributed by atoms with Crippen LogP contribution in [0, 0.1) is 0 Å². The Bertz CT molecular complexity index is 1370. The Morgan fingerprint density at radius 1 is 1.10 bits per heavy atom. The van der Waals surface area contributed by atoms with Gasteiger partial charge in [0.05, 0.1) is 17.5 Å². The Morgan fingerprint density at radius 2 is 1.87 bits per heavy atom. The Balaban J connectivity index is 1.75. The van der Waals surface area contributed by atoms with Gasteiger partial charge in [0.25, 0.3) is 5.56 Å². The van der Waals surface area contributed by atoms with Crippen molar-refractivity contribution in [1.29, 1.82) is 0 Å². The minimum atomic E-state index is -0.397. The summed E-state index contributed by atoms with van der Waals surface area (Å²) >= 11 is 6.10. The maximum atomic E-state index is 13.3. The van der Waals surface area contributed by atoms with Crippen LogP contribution in [-0.4, -0.2) is 21.6 Å². The smallest absolute Gasteiger partial charge is 0.258 e. The van der Waals surface area contributed by atoms with Gasteiger partial charge in [-0.15, -0.1) is 0 Å². The molecule has 154 valence electrons. The van der Waals surface area contributed by atoms with Gasteiger partial charge in [0.15, 0.2) is 0 Å². The molecule has 1 N–H and O–H groups in total. The molecule has 0 bridgehead atoms. The molecule has 1 aliphatic rings. The highest BCUT2D eigenvalue weighted by Crippen LogP contribution is 2.37. The first kappa shape index (κ1) is 19.3. The van der Waals surface area contributed by atoms with Gasteiger partial charge in [0.2, 0.25) is 5.91 Å². The van der Waals surface area contributed by atoms with Crippen molar-refractivity contribution in [1.82, 2.24) is 9.99 Å². The predicted octanol–water partition coefficient (Wildman–Crippen LogP) is 5.14. The van der Waals surface area contributed by atoms with Crippen LogP contribution in [0.3, 0.4) is 0 Å². The van der Waals surface area contributed by atoms with E-state index in [2.05, 4.69) is 10.1 Å². The summed E-state index contributed by atoms with van der Waals surface area (Å²) in [5, 5.41) is 7.44. The summed E-state index contributed by atoms with van der Waals surface area (Å²) in [5.41, 5.74) is 3.06. The summed E-state index contributed by atoms with van der Waals surface area (Å²) in [6, 6.07) is 18.2. The van der Waals surface area contributed by atoms with E-state index in [-0.39, 0.29) is 11.5 Å². The number of nitrogens with zero attached hydrogens (tertiary/aromatic N) is 2. The summed E-state index contributed by atoms with van der Waals surface area (Å²) in [5.74, 6) is 0.404. The lowest BCUT2D eigenvalue weighted by Gasteiger charge is -2.17. The molecule has 0 aliphatic carbocycles. The number of fused-ring (bicyclic) bond motifs is 1. The Labute approximate surface area is 182 Å². The van der Waals surface area contributed by atoms with Gasteiger partial charge in [-0.25, -0.2) is 5.01 Å². The van der Waals surface area contributed by atoms with Crippen LogP contribution in [0.5, 0.6) is 0 Å². The van der Waals surface area contributed by atoms with Crippen molar-refractivity contribution in [3.63, 3.8) is 0 Å². The number of carbonyl (C=O) groups excluding carboxylic acids is 1. The fourth-order valence-corrected chi connectivity index (χ4v) is 4.21. The highest BCUT2D eigenvalue weighted by Gasteiger charge is 2.35. The molecule has 4 aromatic rings. The molecule has 31 heavy (non-hydrogen) atoms. The molecule has 1 atom stereocenters. The summed E-state index contributed by atoms with van der Waals surface area (Å²) in [6.45, 7) is 1.45. The molecule has 7 heteroatoms. The van der Waals surface area contributed by atoms with Crippen molar-refractivity contribution in [3.05, 3.63) is 93.6 Å². The van der Waals surface area contributed by atoms with Crippen molar-refractivity contribution >= 4 is 34.1 Å². The number of hydrogen-bond acceptors (Lipinski definition) is 4. The quantitative estimate of drug-likeness (QED) is 0.487.